The first-order valence-electron chi connectivity index (χ1n) is 6.75. The minimum Gasteiger partial charge on any atom is -0.349 e. The van der Waals surface area contributed by atoms with Crippen molar-refractivity contribution in [3.05, 3.63) is 59.7 Å². The van der Waals surface area contributed by atoms with Gasteiger partial charge < -0.3 is 4.90 Å². The molecule has 0 aliphatic rings. The molecule has 0 saturated heterocycles. The van der Waals surface area contributed by atoms with E-state index in [1.165, 1.54) is 17.0 Å². The maximum absolute atomic E-state index is 13.2. The van der Waals surface area contributed by atoms with Crippen molar-refractivity contribution < 1.29 is 18.0 Å². The molecule has 0 unspecified atom stereocenters. The summed E-state index contributed by atoms with van der Waals surface area (Å²) >= 11 is 0. The fourth-order valence-electron chi connectivity index (χ4n) is 2.22. The van der Waals surface area contributed by atoms with Crippen molar-refractivity contribution in [1.29, 1.82) is 0 Å². The first-order chi connectivity index (χ1) is 10.3. The van der Waals surface area contributed by atoms with E-state index in [1.807, 2.05) is 0 Å². The zero-order valence-electron chi connectivity index (χ0n) is 12.3. The molecular weight excluding hydrogens is 291 g/mol. The summed E-state index contributed by atoms with van der Waals surface area (Å²) in [6, 6.07) is 12.1. The van der Waals surface area contributed by atoms with Crippen LogP contribution in [0.3, 0.4) is 0 Å². The van der Waals surface area contributed by atoms with Crippen LogP contribution in [0.5, 0.6) is 0 Å². The number of carbonyl (C=O) groups excluding carboxylic acids is 1. The highest BCUT2D eigenvalue weighted by Crippen LogP contribution is 2.38. The molecule has 0 aromatic heterocycles. The number of likely N-dealkylation sites (N-methyl/N-ethyl adjacent to an activating group) is 1. The molecule has 0 radical (unpaired) electrons. The Kier molecular flexibility index (Phi) is 4.54. The average Bonchev–Trinajstić information content (AvgIpc) is 2.47. The molecular formula is C17H16F3NO. The molecule has 0 heterocycles. The highest BCUT2D eigenvalue weighted by atomic mass is 19.4. The zero-order valence-corrected chi connectivity index (χ0v) is 12.3. The first-order valence-corrected chi connectivity index (χ1v) is 6.75. The van der Waals surface area contributed by atoms with Gasteiger partial charge in [-0.3, -0.25) is 4.79 Å². The smallest absolute Gasteiger partial charge is 0.349 e. The largest absolute Gasteiger partial charge is 0.417 e. The number of rotatable bonds is 3. The molecule has 2 nitrogen and oxygen atoms in total. The lowest BCUT2D eigenvalue weighted by Crippen LogP contribution is -2.23. The van der Waals surface area contributed by atoms with Gasteiger partial charge in [-0.15, -0.1) is 0 Å². The monoisotopic (exact) mass is 307 g/mol. The molecule has 0 spiro atoms. The summed E-state index contributed by atoms with van der Waals surface area (Å²) in [6.45, 7) is 0. The lowest BCUT2D eigenvalue weighted by atomic mass is 9.93. The summed E-state index contributed by atoms with van der Waals surface area (Å²) in [6.07, 6.45) is -4.37. The van der Waals surface area contributed by atoms with Crippen LogP contribution in [0.15, 0.2) is 48.5 Å². The van der Waals surface area contributed by atoms with E-state index in [1.54, 1.807) is 44.4 Å². The number of hydrogen-bond donors (Lipinski definition) is 0. The molecule has 1 amide bonds. The van der Waals surface area contributed by atoms with E-state index in [4.69, 9.17) is 0 Å². The Balaban J connectivity index is 2.53. The van der Waals surface area contributed by atoms with Gasteiger partial charge in [0.25, 0.3) is 0 Å². The van der Waals surface area contributed by atoms with Crippen LogP contribution >= 0.6 is 0 Å². The minimum atomic E-state index is -4.44. The number of benzene rings is 2. The molecule has 0 N–H and O–H groups in total. The molecule has 0 fully saturated rings. The molecule has 0 bridgehead atoms. The minimum absolute atomic E-state index is 0.0648. The third-order valence-corrected chi connectivity index (χ3v) is 3.38. The van der Waals surface area contributed by atoms with E-state index in [9.17, 15) is 18.0 Å². The Morgan fingerprint density at radius 3 is 2.09 bits per heavy atom. The summed E-state index contributed by atoms with van der Waals surface area (Å²) in [7, 11) is 3.24. The van der Waals surface area contributed by atoms with Crippen molar-refractivity contribution in [3.8, 4) is 11.1 Å². The van der Waals surface area contributed by atoms with Crippen LogP contribution in [0.4, 0.5) is 13.2 Å². The summed E-state index contributed by atoms with van der Waals surface area (Å²) in [4.78, 5) is 13.3. The van der Waals surface area contributed by atoms with E-state index < -0.39 is 11.7 Å². The highest BCUT2D eigenvalue weighted by Gasteiger charge is 2.33. The van der Waals surface area contributed by atoms with Gasteiger partial charge in [-0.2, -0.15) is 13.2 Å². The molecule has 2 rings (SSSR count). The standard InChI is InChI=1S/C17H16F3NO/c1-21(2)16(22)11-12-7-3-4-8-13(12)14-9-5-6-10-15(14)17(18,19)20/h3-10H,11H2,1-2H3. The quantitative estimate of drug-likeness (QED) is 0.839. The second-order valence-corrected chi connectivity index (χ2v) is 5.17. The van der Waals surface area contributed by atoms with Gasteiger partial charge in [0.2, 0.25) is 5.91 Å². The Morgan fingerprint density at radius 1 is 0.955 bits per heavy atom. The number of halogens is 3. The van der Waals surface area contributed by atoms with Gasteiger partial charge in [0.1, 0.15) is 0 Å². The molecule has 0 aliphatic heterocycles. The lowest BCUT2D eigenvalue weighted by molar-refractivity contribution is -0.137. The van der Waals surface area contributed by atoms with E-state index in [-0.39, 0.29) is 17.9 Å². The van der Waals surface area contributed by atoms with Crippen LogP contribution in [0.1, 0.15) is 11.1 Å². The molecule has 5 heteroatoms. The van der Waals surface area contributed by atoms with Crippen LogP contribution in [0, 0.1) is 0 Å². The second kappa shape index (κ2) is 6.22. The Hall–Kier alpha value is -2.30. The van der Waals surface area contributed by atoms with Gasteiger partial charge in [-0.1, -0.05) is 42.5 Å². The van der Waals surface area contributed by atoms with Crippen LogP contribution in [-0.4, -0.2) is 24.9 Å². The van der Waals surface area contributed by atoms with Crippen molar-refractivity contribution in [2.24, 2.45) is 0 Å². The fraction of sp³-hybridized carbons (Fsp3) is 0.235. The normalized spacial score (nSPS) is 11.3. The third kappa shape index (κ3) is 3.47. The number of hydrogen-bond acceptors (Lipinski definition) is 1. The van der Waals surface area contributed by atoms with Crippen LogP contribution < -0.4 is 0 Å². The van der Waals surface area contributed by atoms with Gasteiger partial charge >= 0.3 is 6.18 Å². The Morgan fingerprint density at radius 2 is 1.50 bits per heavy atom. The maximum Gasteiger partial charge on any atom is 0.417 e. The molecule has 22 heavy (non-hydrogen) atoms. The molecule has 0 aliphatic carbocycles. The predicted octanol–water partition coefficient (Wildman–Crippen LogP) is 4.00. The second-order valence-electron chi connectivity index (χ2n) is 5.17. The van der Waals surface area contributed by atoms with E-state index in [0.29, 0.717) is 11.1 Å². The average molecular weight is 307 g/mol. The number of nitrogens with zero attached hydrogens (tertiary/aromatic N) is 1. The van der Waals surface area contributed by atoms with Crippen LogP contribution in [0.25, 0.3) is 11.1 Å². The molecule has 2 aromatic rings. The highest BCUT2D eigenvalue weighted by molar-refractivity contribution is 5.82. The van der Waals surface area contributed by atoms with Crippen molar-refractivity contribution in [2.45, 2.75) is 12.6 Å². The summed E-state index contributed by atoms with van der Waals surface area (Å²) < 4.78 is 39.5. The number of amides is 1. The third-order valence-electron chi connectivity index (χ3n) is 3.38. The summed E-state index contributed by atoms with van der Waals surface area (Å²) in [5, 5.41) is 0. The Bertz CT molecular complexity index is 678. The van der Waals surface area contributed by atoms with Gasteiger partial charge in [0.15, 0.2) is 0 Å². The number of carbonyl (C=O) groups is 1. The summed E-state index contributed by atoms with van der Waals surface area (Å²) in [5.74, 6) is -0.156. The van der Waals surface area contributed by atoms with E-state index in [0.717, 1.165) is 6.07 Å². The fourth-order valence-corrected chi connectivity index (χ4v) is 2.22. The predicted molar refractivity (Wildman–Crippen MR) is 79.3 cm³/mol. The maximum atomic E-state index is 13.2. The van der Waals surface area contributed by atoms with E-state index >= 15 is 0 Å². The van der Waals surface area contributed by atoms with Crippen molar-refractivity contribution in [2.75, 3.05) is 14.1 Å². The van der Waals surface area contributed by atoms with Crippen molar-refractivity contribution >= 4 is 5.91 Å². The van der Waals surface area contributed by atoms with Crippen molar-refractivity contribution in [1.82, 2.24) is 4.90 Å². The Labute approximate surface area is 127 Å². The molecule has 0 saturated carbocycles. The topological polar surface area (TPSA) is 20.3 Å². The molecule has 116 valence electrons. The summed E-state index contributed by atoms with van der Waals surface area (Å²) in [5.41, 5.74) is 0.417. The first kappa shape index (κ1) is 16.1. The SMILES string of the molecule is CN(C)C(=O)Cc1ccccc1-c1ccccc1C(F)(F)F. The number of alkyl halides is 3. The van der Waals surface area contributed by atoms with Gasteiger partial charge in [-0.05, 0) is 22.8 Å². The van der Waals surface area contributed by atoms with Crippen molar-refractivity contribution in [3.63, 3.8) is 0 Å². The van der Waals surface area contributed by atoms with Gasteiger partial charge in [-0.25, -0.2) is 0 Å². The van der Waals surface area contributed by atoms with E-state index in [2.05, 4.69) is 0 Å². The van der Waals surface area contributed by atoms with Crippen LogP contribution in [0.2, 0.25) is 0 Å². The van der Waals surface area contributed by atoms with Gasteiger partial charge in [0, 0.05) is 14.1 Å². The zero-order chi connectivity index (χ0) is 16.3. The lowest BCUT2D eigenvalue weighted by Gasteiger charge is -2.17. The molecule has 2 aromatic carbocycles. The van der Waals surface area contributed by atoms with Crippen LogP contribution in [-0.2, 0) is 17.4 Å². The molecule has 0 atom stereocenters. The van der Waals surface area contributed by atoms with Gasteiger partial charge in [0.05, 0.1) is 12.0 Å².